The second-order valence-electron chi connectivity index (χ2n) is 7.90. The molecule has 0 bridgehead atoms. The number of hydrogen-bond donors (Lipinski definition) is 1. The SMILES string of the molecule is C[C@@H]1CNCCN1c1nc2c(cc1Br)nc(-c1ccc(F)cc1)n2-c1ccnc(C(F)F)c1. The van der Waals surface area contributed by atoms with Crippen molar-refractivity contribution in [1.82, 2.24) is 24.8 Å². The molecule has 33 heavy (non-hydrogen) atoms. The largest absolute Gasteiger partial charge is 0.350 e. The number of piperazine rings is 1. The lowest BCUT2D eigenvalue weighted by Crippen LogP contribution is -2.50. The summed E-state index contributed by atoms with van der Waals surface area (Å²) in [7, 11) is 0. The number of anilines is 1. The van der Waals surface area contributed by atoms with E-state index in [1.54, 1.807) is 22.8 Å². The number of halogens is 4. The van der Waals surface area contributed by atoms with Gasteiger partial charge in [0.25, 0.3) is 6.43 Å². The number of nitrogens with one attached hydrogen (secondary N) is 1. The van der Waals surface area contributed by atoms with Crippen LogP contribution in [0, 0.1) is 5.82 Å². The van der Waals surface area contributed by atoms with Crippen molar-refractivity contribution >= 4 is 32.9 Å². The standard InChI is InChI=1S/C23H20BrF3N6/c1-13-12-28-8-9-32(13)22-17(24)11-19-23(31-22)33(16-6-7-29-18(10-16)20(26)27)21(30-19)14-2-4-15(25)5-3-14/h2-7,10-11,13,20,28H,8-9,12H2,1H3/t13-/m1/s1. The quantitative estimate of drug-likeness (QED) is 0.408. The van der Waals surface area contributed by atoms with Crippen molar-refractivity contribution in [3.8, 4) is 17.1 Å². The van der Waals surface area contributed by atoms with E-state index in [-0.39, 0.29) is 17.6 Å². The minimum atomic E-state index is -2.71. The zero-order valence-electron chi connectivity index (χ0n) is 17.6. The Kier molecular flexibility index (Phi) is 5.79. The molecule has 5 rings (SSSR count). The normalized spacial score (nSPS) is 16.7. The summed E-state index contributed by atoms with van der Waals surface area (Å²) in [5.74, 6) is 0.855. The molecule has 6 nitrogen and oxygen atoms in total. The Balaban J connectivity index is 1.76. The number of hydrogen-bond acceptors (Lipinski definition) is 5. The lowest BCUT2D eigenvalue weighted by atomic mass is 10.2. The first-order valence-corrected chi connectivity index (χ1v) is 11.3. The highest BCUT2D eigenvalue weighted by Gasteiger charge is 2.25. The predicted molar refractivity (Wildman–Crippen MR) is 124 cm³/mol. The van der Waals surface area contributed by atoms with Gasteiger partial charge in [0.1, 0.15) is 28.7 Å². The molecule has 3 aromatic heterocycles. The molecule has 1 fully saturated rings. The van der Waals surface area contributed by atoms with E-state index in [4.69, 9.17) is 9.97 Å². The fourth-order valence-electron chi connectivity index (χ4n) is 4.06. The maximum atomic E-state index is 13.6. The predicted octanol–water partition coefficient (Wildman–Crippen LogP) is 5.12. The van der Waals surface area contributed by atoms with E-state index >= 15 is 0 Å². The van der Waals surface area contributed by atoms with Crippen molar-refractivity contribution in [2.75, 3.05) is 24.5 Å². The van der Waals surface area contributed by atoms with Crippen molar-refractivity contribution in [1.29, 1.82) is 0 Å². The molecular weight excluding hydrogens is 497 g/mol. The van der Waals surface area contributed by atoms with E-state index in [9.17, 15) is 13.2 Å². The average molecular weight is 517 g/mol. The van der Waals surface area contributed by atoms with Gasteiger partial charge in [0.2, 0.25) is 0 Å². The van der Waals surface area contributed by atoms with Crippen molar-refractivity contribution in [2.24, 2.45) is 0 Å². The molecule has 1 atom stereocenters. The van der Waals surface area contributed by atoms with Crippen LogP contribution in [-0.2, 0) is 0 Å². The number of alkyl halides is 2. The molecular formula is C23H20BrF3N6. The summed E-state index contributed by atoms with van der Waals surface area (Å²) in [4.78, 5) is 15.7. The molecule has 0 spiro atoms. The molecule has 1 aliphatic rings. The Labute approximate surface area is 196 Å². The van der Waals surface area contributed by atoms with Gasteiger partial charge in [0.05, 0.1) is 10.2 Å². The smallest absolute Gasteiger partial charge is 0.280 e. The van der Waals surface area contributed by atoms with E-state index in [0.29, 0.717) is 28.2 Å². The van der Waals surface area contributed by atoms with E-state index < -0.39 is 6.43 Å². The molecule has 0 aliphatic carbocycles. The average Bonchev–Trinajstić information content (AvgIpc) is 3.17. The number of benzene rings is 1. The van der Waals surface area contributed by atoms with Crippen LogP contribution in [0.5, 0.6) is 0 Å². The van der Waals surface area contributed by atoms with Crippen LogP contribution in [0.4, 0.5) is 19.0 Å². The molecule has 0 unspecified atom stereocenters. The van der Waals surface area contributed by atoms with Gasteiger partial charge in [0, 0.05) is 37.4 Å². The zero-order valence-corrected chi connectivity index (χ0v) is 19.2. The van der Waals surface area contributed by atoms with Gasteiger partial charge in [-0.3, -0.25) is 9.55 Å². The number of pyridine rings is 2. The highest BCUT2D eigenvalue weighted by Crippen LogP contribution is 2.34. The van der Waals surface area contributed by atoms with Crippen LogP contribution in [0.25, 0.3) is 28.2 Å². The zero-order chi connectivity index (χ0) is 23.1. The van der Waals surface area contributed by atoms with Gasteiger partial charge in [-0.2, -0.15) is 0 Å². The maximum absolute atomic E-state index is 13.6. The maximum Gasteiger partial charge on any atom is 0.280 e. The van der Waals surface area contributed by atoms with Gasteiger partial charge in [-0.25, -0.2) is 23.1 Å². The van der Waals surface area contributed by atoms with Crippen LogP contribution in [0.15, 0.2) is 53.1 Å². The van der Waals surface area contributed by atoms with Gasteiger partial charge in [-0.1, -0.05) is 0 Å². The molecule has 1 aliphatic heterocycles. The van der Waals surface area contributed by atoms with E-state index in [0.717, 1.165) is 29.9 Å². The van der Waals surface area contributed by atoms with Crippen LogP contribution < -0.4 is 10.2 Å². The highest BCUT2D eigenvalue weighted by molar-refractivity contribution is 9.10. The Morgan fingerprint density at radius 1 is 1.12 bits per heavy atom. The fraction of sp³-hybridized carbons (Fsp3) is 0.261. The third-order valence-corrected chi connectivity index (χ3v) is 6.27. The molecule has 4 aromatic rings. The molecule has 1 saturated heterocycles. The molecule has 170 valence electrons. The molecule has 1 N–H and O–H groups in total. The third-order valence-electron chi connectivity index (χ3n) is 5.69. The lowest BCUT2D eigenvalue weighted by Gasteiger charge is -2.35. The minimum absolute atomic E-state index is 0.222. The second-order valence-corrected chi connectivity index (χ2v) is 8.75. The Morgan fingerprint density at radius 2 is 1.91 bits per heavy atom. The van der Waals surface area contributed by atoms with Crippen molar-refractivity contribution < 1.29 is 13.2 Å². The lowest BCUT2D eigenvalue weighted by molar-refractivity contribution is 0.146. The summed E-state index contributed by atoms with van der Waals surface area (Å²) >= 11 is 3.63. The highest BCUT2D eigenvalue weighted by atomic mass is 79.9. The Hall–Kier alpha value is -2.98. The number of nitrogens with zero attached hydrogens (tertiary/aromatic N) is 5. The number of fused-ring (bicyclic) bond motifs is 1. The summed E-state index contributed by atoms with van der Waals surface area (Å²) < 4.78 is 42.9. The fourth-order valence-corrected chi connectivity index (χ4v) is 4.59. The Morgan fingerprint density at radius 3 is 2.64 bits per heavy atom. The van der Waals surface area contributed by atoms with Gasteiger partial charge in [-0.15, -0.1) is 0 Å². The van der Waals surface area contributed by atoms with Crippen molar-refractivity contribution in [2.45, 2.75) is 19.4 Å². The van der Waals surface area contributed by atoms with E-state index in [2.05, 4.69) is 38.1 Å². The number of imidazole rings is 1. The Bertz CT molecular complexity index is 1310. The van der Waals surface area contributed by atoms with Crippen molar-refractivity contribution in [3.05, 3.63) is 64.6 Å². The molecule has 0 saturated carbocycles. The van der Waals surface area contributed by atoms with Crippen LogP contribution in [0.1, 0.15) is 19.0 Å². The topological polar surface area (TPSA) is 58.9 Å². The van der Waals surface area contributed by atoms with Crippen LogP contribution in [0.3, 0.4) is 0 Å². The van der Waals surface area contributed by atoms with Gasteiger partial charge in [-0.05, 0) is 65.3 Å². The summed E-state index contributed by atoms with van der Waals surface area (Å²) in [5, 5.41) is 3.36. The molecule has 4 heterocycles. The summed E-state index contributed by atoms with van der Waals surface area (Å²) in [6.07, 6.45) is -1.37. The molecule has 1 aromatic carbocycles. The van der Waals surface area contributed by atoms with Crippen LogP contribution in [-0.4, -0.2) is 45.2 Å². The summed E-state index contributed by atoms with van der Waals surface area (Å²) in [6.45, 7) is 4.55. The van der Waals surface area contributed by atoms with Crippen molar-refractivity contribution in [3.63, 3.8) is 0 Å². The summed E-state index contributed by atoms with van der Waals surface area (Å²) in [6, 6.07) is 11.0. The van der Waals surface area contributed by atoms with E-state index in [1.807, 2.05) is 6.07 Å². The minimum Gasteiger partial charge on any atom is -0.350 e. The first-order valence-electron chi connectivity index (χ1n) is 10.5. The first kappa shape index (κ1) is 21.8. The molecule has 0 radical (unpaired) electrons. The summed E-state index contributed by atoms with van der Waals surface area (Å²) in [5.41, 5.74) is 1.86. The van der Waals surface area contributed by atoms with Gasteiger partial charge < -0.3 is 10.2 Å². The second kappa shape index (κ2) is 8.75. The number of aromatic nitrogens is 4. The van der Waals surface area contributed by atoms with Gasteiger partial charge in [0.15, 0.2) is 5.65 Å². The van der Waals surface area contributed by atoms with E-state index in [1.165, 1.54) is 24.4 Å². The monoisotopic (exact) mass is 516 g/mol. The molecule has 0 amide bonds. The first-order chi connectivity index (χ1) is 15.9. The van der Waals surface area contributed by atoms with Crippen LogP contribution in [0.2, 0.25) is 0 Å². The van der Waals surface area contributed by atoms with Crippen LogP contribution >= 0.6 is 15.9 Å². The van der Waals surface area contributed by atoms with Gasteiger partial charge >= 0.3 is 0 Å². The molecule has 10 heteroatoms. The number of rotatable bonds is 4. The third kappa shape index (κ3) is 4.08.